The van der Waals surface area contributed by atoms with Crippen LogP contribution in [0.25, 0.3) is 11.1 Å². The van der Waals surface area contributed by atoms with Crippen LogP contribution in [0.15, 0.2) is 66.7 Å². The van der Waals surface area contributed by atoms with Crippen molar-refractivity contribution in [2.75, 3.05) is 19.8 Å². The topological polar surface area (TPSA) is 44.8 Å². The van der Waals surface area contributed by atoms with E-state index in [1.807, 2.05) is 31.2 Å². The largest absolute Gasteiger partial charge is 0.494 e. The Balaban J connectivity index is 1.39. The molecule has 0 amide bonds. The summed E-state index contributed by atoms with van der Waals surface area (Å²) in [5.41, 5.74) is 8.01. The molecule has 1 aliphatic carbocycles. The van der Waals surface area contributed by atoms with Crippen LogP contribution < -0.4 is 4.74 Å². The molecule has 0 aromatic heterocycles. The minimum Gasteiger partial charge on any atom is -0.494 e. The summed E-state index contributed by atoms with van der Waals surface area (Å²) >= 11 is 0. The number of unbranched alkanes of at least 4 members (excludes halogenated alkanes) is 1. The number of carbonyl (C=O) groups is 1. The van der Waals surface area contributed by atoms with Crippen molar-refractivity contribution in [1.82, 2.24) is 0 Å². The van der Waals surface area contributed by atoms with Crippen LogP contribution in [0.2, 0.25) is 0 Å². The molecule has 0 saturated carbocycles. The smallest absolute Gasteiger partial charge is 0.335 e. The third-order valence-corrected chi connectivity index (χ3v) is 6.87. The van der Waals surface area contributed by atoms with E-state index >= 15 is 0 Å². The molecule has 4 nitrogen and oxygen atoms in total. The zero-order valence-electron chi connectivity index (χ0n) is 21.8. The average molecular weight is 487 g/mol. The number of esters is 1. The van der Waals surface area contributed by atoms with Crippen LogP contribution in [-0.4, -0.2) is 31.9 Å². The van der Waals surface area contributed by atoms with Gasteiger partial charge < -0.3 is 14.2 Å². The number of fused-ring (bicyclic) bond motifs is 3. The predicted octanol–water partition coefficient (Wildman–Crippen LogP) is 7.12. The van der Waals surface area contributed by atoms with Crippen molar-refractivity contribution in [2.45, 2.75) is 64.9 Å². The highest BCUT2D eigenvalue weighted by Crippen LogP contribution is 2.46. The van der Waals surface area contributed by atoms with E-state index in [0.717, 1.165) is 24.2 Å². The first-order valence-corrected chi connectivity index (χ1v) is 13.4. The van der Waals surface area contributed by atoms with Crippen LogP contribution in [0.5, 0.6) is 5.75 Å². The summed E-state index contributed by atoms with van der Waals surface area (Å²) in [6.45, 7) is 7.40. The molecule has 0 spiro atoms. The van der Waals surface area contributed by atoms with Crippen LogP contribution in [-0.2, 0) is 27.1 Å². The van der Waals surface area contributed by atoms with Crippen LogP contribution in [0.1, 0.15) is 68.2 Å². The molecular formula is C32H38O4. The molecule has 0 N–H and O–H groups in total. The van der Waals surface area contributed by atoms with E-state index in [2.05, 4.69) is 49.4 Å². The maximum Gasteiger partial charge on any atom is 0.335 e. The number of aryl methyl sites for hydroxylation is 1. The Hall–Kier alpha value is -3.11. The van der Waals surface area contributed by atoms with Gasteiger partial charge in [-0.2, -0.15) is 0 Å². The first kappa shape index (κ1) is 26.0. The quantitative estimate of drug-likeness (QED) is 0.241. The number of carbonyl (C=O) groups excluding carboxylic acids is 1. The van der Waals surface area contributed by atoms with Crippen molar-refractivity contribution in [2.24, 2.45) is 0 Å². The van der Waals surface area contributed by atoms with Crippen LogP contribution in [0, 0.1) is 0 Å². The van der Waals surface area contributed by atoms with Crippen LogP contribution in [0.4, 0.5) is 0 Å². The van der Waals surface area contributed by atoms with Gasteiger partial charge in [-0.25, -0.2) is 4.79 Å². The lowest BCUT2D eigenvalue weighted by atomic mass is 9.92. The van der Waals surface area contributed by atoms with Gasteiger partial charge in [0.1, 0.15) is 5.75 Å². The number of benzene rings is 3. The van der Waals surface area contributed by atoms with Gasteiger partial charge in [0.05, 0.1) is 13.2 Å². The maximum absolute atomic E-state index is 12.1. The van der Waals surface area contributed by atoms with Crippen molar-refractivity contribution in [3.05, 3.63) is 89.0 Å². The van der Waals surface area contributed by atoms with E-state index in [-0.39, 0.29) is 5.97 Å². The van der Waals surface area contributed by atoms with Crippen molar-refractivity contribution in [3.8, 4) is 16.9 Å². The number of ether oxygens (including phenoxy) is 3. The molecular weight excluding hydrogens is 448 g/mol. The van der Waals surface area contributed by atoms with Gasteiger partial charge in [0.15, 0.2) is 6.10 Å². The highest BCUT2D eigenvalue weighted by atomic mass is 16.6. The van der Waals surface area contributed by atoms with Gasteiger partial charge in [-0.3, -0.25) is 0 Å². The fourth-order valence-corrected chi connectivity index (χ4v) is 5.08. The molecule has 190 valence electrons. The minimum absolute atomic E-state index is 0.311. The Kier molecular flexibility index (Phi) is 9.18. The lowest BCUT2D eigenvalue weighted by Crippen LogP contribution is -2.28. The molecule has 0 fully saturated rings. The average Bonchev–Trinajstić information content (AvgIpc) is 3.21. The van der Waals surface area contributed by atoms with E-state index < -0.39 is 6.10 Å². The highest BCUT2D eigenvalue weighted by Gasteiger charge is 2.28. The molecule has 2 atom stereocenters. The second-order valence-corrected chi connectivity index (χ2v) is 9.35. The van der Waals surface area contributed by atoms with Gasteiger partial charge >= 0.3 is 5.97 Å². The fraction of sp³-hybridized carbons (Fsp3) is 0.406. The Morgan fingerprint density at radius 1 is 0.861 bits per heavy atom. The molecule has 0 radical (unpaired) electrons. The Morgan fingerprint density at radius 2 is 1.61 bits per heavy atom. The van der Waals surface area contributed by atoms with Gasteiger partial charge in [0.2, 0.25) is 0 Å². The molecule has 0 bridgehead atoms. The van der Waals surface area contributed by atoms with Gasteiger partial charge in [0, 0.05) is 18.9 Å². The van der Waals surface area contributed by atoms with Crippen LogP contribution in [0.3, 0.4) is 0 Å². The number of rotatable bonds is 13. The normalized spacial score (nSPS) is 14.7. The first-order valence-electron chi connectivity index (χ1n) is 13.4. The van der Waals surface area contributed by atoms with Crippen LogP contribution >= 0.6 is 0 Å². The third-order valence-electron chi connectivity index (χ3n) is 6.87. The minimum atomic E-state index is -0.577. The van der Waals surface area contributed by atoms with Crippen molar-refractivity contribution in [3.63, 3.8) is 0 Å². The molecule has 2 unspecified atom stereocenters. The molecule has 3 aromatic carbocycles. The summed E-state index contributed by atoms with van der Waals surface area (Å²) in [5.74, 6) is 0.884. The van der Waals surface area contributed by atoms with E-state index in [1.165, 1.54) is 40.7 Å². The first-order chi connectivity index (χ1) is 17.6. The molecule has 4 rings (SSSR count). The Labute approximate surface area is 215 Å². The van der Waals surface area contributed by atoms with Crippen molar-refractivity contribution >= 4 is 5.97 Å². The van der Waals surface area contributed by atoms with E-state index in [9.17, 15) is 4.79 Å². The van der Waals surface area contributed by atoms with E-state index in [4.69, 9.17) is 14.2 Å². The zero-order chi connectivity index (χ0) is 25.3. The summed E-state index contributed by atoms with van der Waals surface area (Å²) in [6, 6.07) is 23.8. The molecule has 4 heteroatoms. The van der Waals surface area contributed by atoms with Crippen molar-refractivity contribution in [1.29, 1.82) is 0 Å². The summed E-state index contributed by atoms with van der Waals surface area (Å²) in [5, 5.41) is 0. The van der Waals surface area contributed by atoms with Gasteiger partial charge in [0.25, 0.3) is 0 Å². The second kappa shape index (κ2) is 12.7. The molecule has 36 heavy (non-hydrogen) atoms. The Morgan fingerprint density at radius 3 is 2.36 bits per heavy atom. The molecule has 1 aliphatic rings. The van der Waals surface area contributed by atoms with Crippen molar-refractivity contribution < 1.29 is 19.0 Å². The highest BCUT2D eigenvalue weighted by molar-refractivity contribution is 5.79. The third kappa shape index (κ3) is 6.17. The predicted molar refractivity (Wildman–Crippen MR) is 145 cm³/mol. The zero-order valence-corrected chi connectivity index (χ0v) is 21.8. The summed E-state index contributed by atoms with van der Waals surface area (Å²) in [4.78, 5) is 12.1. The van der Waals surface area contributed by atoms with Gasteiger partial charge in [-0.05, 0) is 78.6 Å². The maximum atomic E-state index is 12.1. The molecule has 3 aromatic rings. The van der Waals surface area contributed by atoms with E-state index in [0.29, 0.717) is 32.2 Å². The molecule has 0 heterocycles. The van der Waals surface area contributed by atoms with Gasteiger partial charge in [-0.1, -0.05) is 67.9 Å². The van der Waals surface area contributed by atoms with E-state index in [1.54, 1.807) is 6.92 Å². The second-order valence-electron chi connectivity index (χ2n) is 9.35. The summed E-state index contributed by atoms with van der Waals surface area (Å²) in [7, 11) is 0. The summed E-state index contributed by atoms with van der Waals surface area (Å²) < 4.78 is 16.9. The molecule has 0 saturated heterocycles. The lowest BCUT2D eigenvalue weighted by molar-refractivity contribution is -0.156. The SMILES string of the molecule is CCCCc1ccc2c(c1)C(CCOc1ccc(CC(OCC)C(=O)OCC)cc1)c1ccccc1-2. The Bertz CT molecular complexity index is 1140. The number of hydrogen-bond donors (Lipinski definition) is 0. The van der Waals surface area contributed by atoms with Gasteiger partial charge in [-0.15, -0.1) is 0 Å². The lowest BCUT2D eigenvalue weighted by Gasteiger charge is -2.17. The fourth-order valence-electron chi connectivity index (χ4n) is 5.08. The molecule has 0 aliphatic heterocycles. The standard InChI is InChI=1S/C32H38O4/c1-4-7-10-23-15-18-28-26-11-8-9-12-27(26)29(30(28)21-23)19-20-36-25-16-13-24(14-17-25)22-31(34-5-2)32(33)35-6-3/h8-9,11-18,21,29,31H,4-7,10,19-20,22H2,1-3H3. The summed E-state index contributed by atoms with van der Waals surface area (Å²) in [6.07, 6.45) is 4.41. The monoisotopic (exact) mass is 486 g/mol. The number of hydrogen-bond acceptors (Lipinski definition) is 4.